The standard InChI is InChI=1S/C29H30F4O2/c1-3-18-5-7-19(8-6-18)23-14-11-21(26(30)27(23)31)17-35-22-12-9-20(10-13-22)24-15-16-25(34-4-2)29(33)28(24)32/h5-8,11,14-16,20,22H,3-4,9-10,12-13,17H2,1-2H3. The van der Waals surface area contributed by atoms with Crippen LogP contribution in [-0.2, 0) is 17.8 Å². The molecule has 0 spiro atoms. The second-order valence-corrected chi connectivity index (χ2v) is 8.95. The maximum absolute atomic E-state index is 14.8. The van der Waals surface area contributed by atoms with E-state index in [1.165, 1.54) is 6.07 Å². The molecular weight excluding hydrogens is 456 g/mol. The number of rotatable bonds is 8. The lowest BCUT2D eigenvalue weighted by Crippen LogP contribution is -2.21. The Kier molecular flexibility index (Phi) is 8.11. The van der Waals surface area contributed by atoms with E-state index in [0.29, 0.717) is 36.8 Å². The van der Waals surface area contributed by atoms with Gasteiger partial charge in [-0.05, 0) is 67.7 Å². The van der Waals surface area contributed by atoms with Crippen LogP contribution in [-0.4, -0.2) is 12.7 Å². The molecule has 3 aromatic rings. The molecule has 1 fully saturated rings. The van der Waals surface area contributed by atoms with Crippen molar-refractivity contribution in [2.45, 2.75) is 64.6 Å². The third kappa shape index (κ3) is 5.53. The zero-order valence-electron chi connectivity index (χ0n) is 20.1. The predicted molar refractivity (Wildman–Crippen MR) is 128 cm³/mol. The number of hydrogen-bond donors (Lipinski definition) is 0. The lowest BCUT2D eigenvalue weighted by atomic mass is 9.82. The lowest BCUT2D eigenvalue weighted by molar-refractivity contribution is 0.0116. The summed E-state index contributed by atoms with van der Waals surface area (Å²) in [5.74, 6) is -3.79. The SMILES string of the molecule is CCOc1ccc(C2CCC(OCc3ccc(-c4ccc(CC)cc4)c(F)c3F)CC2)c(F)c1F. The molecule has 4 rings (SSSR count). The highest BCUT2D eigenvalue weighted by Gasteiger charge is 2.27. The van der Waals surface area contributed by atoms with Gasteiger partial charge in [-0.25, -0.2) is 13.2 Å². The normalized spacial score (nSPS) is 18.0. The fourth-order valence-electron chi connectivity index (χ4n) is 4.72. The summed E-state index contributed by atoms with van der Waals surface area (Å²) >= 11 is 0. The van der Waals surface area contributed by atoms with Crippen molar-refractivity contribution in [1.29, 1.82) is 0 Å². The lowest BCUT2D eigenvalue weighted by Gasteiger charge is -2.29. The topological polar surface area (TPSA) is 18.5 Å². The Labute approximate surface area is 203 Å². The van der Waals surface area contributed by atoms with Crippen molar-refractivity contribution in [3.8, 4) is 16.9 Å². The van der Waals surface area contributed by atoms with Gasteiger partial charge >= 0.3 is 0 Å². The molecule has 0 heterocycles. The van der Waals surface area contributed by atoms with Gasteiger partial charge in [-0.2, -0.15) is 4.39 Å². The molecule has 1 aliphatic rings. The predicted octanol–water partition coefficient (Wildman–Crippen LogP) is 8.11. The van der Waals surface area contributed by atoms with Crippen molar-refractivity contribution in [3.05, 3.63) is 88.5 Å². The summed E-state index contributed by atoms with van der Waals surface area (Å²) in [6.07, 6.45) is 3.24. The van der Waals surface area contributed by atoms with E-state index in [2.05, 4.69) is 0 Å². The Hall–Kier alpha value is -2.86. The van der Waals surface area contributed by atoms with Crippen LogP contribution in [0.15, 0.2) is 48.5 Å². The molecule has 0 saturated heterocycles. The van der Waals surface area contributed by atoms with Gasteiger partial charge in [0.1, 0.15) is 0 Å². The van der Waals surface area contributed by atoms with E-state index < -0.39 is 23.3 Å². The molecule has 1 aliphatic carbocycles. The maximum atomic E-state index is 14.8. The van der Waals surface area contributed by atoms with Crippen molar-refractivity contribution in [1.82, 2.24) is 0 Å². The Morgan fingerprint density at radius 2 is 1.46 bits per heavy atom. The van der Waals surface area contributed by atoms with Crippen LogP contribution in [0.4, 0.5) is 17.6 Å². The van der Waals surface area contributed by atoms with Gasteiger partial charge in [-0.3, -0.25) is 0 Å². The van der Waals surface area contributed by atoms with Crippen LogP contribution in [0.25, 0.3) is 11.1 Å². The van der Waals surface area contributed by atoms with E-state index in [1.807, 2.05) is 19.1 Å². The highest BCUT2D eigenvalue weighted by atomic mass is 19.2. The van der Waals surface area contributed by atoms with E-state index in [0.717, 1.165) is 12.0 Å². The molecule has 0 bridgehead atoms. The Bertz CT molecular complexity index is 1150. The highest BCUT2D eigenvalue weighted by molar-refractivity contribution is 5.65. The van der Waals surface area contributed by atoms with E-state index in [4.69, 9.17) is 9.47 Å². The van der Waals surface area contributed by atoms with Crippen molar-refractivity contribution in [3.63, 3.8) is 0 Å². The second kappa shape index (κ2) is 11.3. The molecule has 35 heavy (non-hydrogen) atoms. The molecule has 0 radical (unpaired) electrons. The fourth-order valence-corrected chi connectivity index (χ4v) is 4.72. The van der Waals surface area contributed by atoms with Crippen molar-refractivity contribution < 1.29 is 27.0 Å². The van der Waals surface area contributed by atoms with Gasteiger partial charge in [-0.1, -0.05) is 49.4 Å². The van der Waals surface area contributed by atoms with Crippen molar-refractivity contribution in [2.75, 3.05) is 6.61 Å². The summed E-state index contributed by atoms with van der Waals surface area (Å²) in [6.45, 7) is 3.97. The molecule has 0 N–H and O–H groups in total. The first-order valence-corrected chi connectivity index (χ1v) is 12.2. The average molecular weight is 487 g/mol. The molecule has 0 aromatic heterocycles. The quantitative estimate of drug-likeness (QED) is 0.299. The van der Waals surface area contributed by atoms with Crippen LogP contribution in [0.2, 0.25) is 0 Å². The Morgan fingerprint density at radius 3 is 2.11 bits per heavy atom. The number of halogens is 4. The zero-order valence-corrected chi connectivity index (χ0v) is 20.1. The van der Waals surface area contributed by atoms with Crippen molar-refractivity contribution >= 4 is 0 Å². The van der Waals surface area contributed by atoms with Crippen molar-refractivity contribution in [2.24, 2.45) is 0 Å². The summed E-state index contributed by atoms with van der Waals surface area (Å²) in [7, 11) is 0. The summed E-state index contributed by atoms with van der Waals surface area (Å²) in [6, 6.07) is 13.6. The first-order chi connectivity index (χ1) is 16.9. The molecular formula is C29H30F4O2. The van der Waals surface area contributed by atoms with Crippen LogP contribution < -0.4 is 4.74 Å². The Balaban J connectivity index is 1.36. The molecule has 1 saturated carbocycles. The average Bonchev–Trinajstić information content (AvgIpc) is 2.88. The summed E-state index contributed by atoms with van der Waals surface area (Å²) in [4.78, 5) is 0. The summed E-state index contributed by atoms with van der Waals surface area (Å²) in [5.41, 5.74) is 2.49. The smallest absolute Gasteiger partial charge is 0.200 e. The van der Waals surface area contributed by atoms with Gasteiger partial charge < -0.3 is 9.47 Å². The molecule has 186 valence electrons. The van der Waals surface area contributed by atoms with E-state index in [-0.39, 0.29) is 42.1 Å². The minimum atomic E-state index is -0.954. The number of aryl methyl sites for hydroxylation is 1. The molecule has 6 heteroatoms. The molecule has 0 amide bonds. The third-order valence-electron chi connectivity index (χ3n) is 6.80. The first-order valence-electron chi connectivity index (χ1n) is 12.2. The van der Waals surface area contributed by atoms with Gasteiger partial charge in [0, 0.05) is 11.1 Å². The second-order valence-electron chi connectivity index (χ2n) is 8.95. The van der Waals surface area contributed by atoms with Crippen LogP contribution in [0, 0.1) is 23.3 Å². The maximum Gasteiger partial charge on any atom is 0.200 e. The van der Waals surface area contributed by atoms with E-state index in [9.17, 15) is 17.6 Å². The van der Waals surface area contributed by atoms with E-state index >= 15 is 0 Å². The third-order valence-corrected chi connectivity index (χ3v) is 6.80. The van der Waals surface area contributed by atoms with Gasteiger partial charge in [0.05, 0.1) is 19.3 Å². The number of hydrogen-bond acceptors (Lipinski definition) is 2. The Morgan fingerprint density at radius 1 is 0.743 bits per heavy atom. The largest absolute Gasteiger partial charge is 0.491 e. The van der Waals surface area contributed by atoms with Gasteiger partial charge in [0.15, 0.2) is 23.2 Å². The molecule has 0 unspecified atom stereocenters. The number of benzene rings is 3. The minimum absolute atomic E-state index is 0.0425. The van der Waals surface area contributed by atoms with Gasteiger partial charge in [0.2, 0.25) is 5.82 Å². The van der Waals surface area contributed by atoms with E-state index in [1.54, 1.807) is 37.3 Å². The van der Waals surface area contributed by atoms with Crippen LogP contribution in [0.5, 0.6) is 5.75 Å². The molecule has 0 aliphatic heterocycles. The molecule has 0 atom stereocenters. The molecule has 3 aromatic carbocycles. The van der Waals surface area contributed by atoms with Crippen LogP contribution in [0.3, 0.4) is 0 Å². The molecule has 2 nitrogen and oxygen atoms in total. The monoisotopic (exact) mass is 486 g/mol. The van der Waals surface area contributed by atoms with Gasteiger partial charge in [-0.15, -0.1) is 0 Å². The summed E-state index contributed by atoms with van der Waals surface area (Å²) < 4.78 is 69.3. The fraction of sp³-hybridized carbons (Fsp3) is 0.379. The minimum Gasteiger partial charge on any atom is -0.491 e. The first kappa shape index (κ1) is 25.2. The zero-order chi connectivity index (χ0) is 24.9. The number of ether oxygens (including phenoxy) is 2. The van der Waals surface area contributed by atoms with Gasteiger partial charge in [0.25, 0.3) is 0 Å². The summed E-state index contributed by atoms with van der Waals surface area (Å²) in [5, 5.41) is 0. The highest BCUT2D eigenvalue weighted by Crippen LogP contribution is 2.38. The van der Waals surface area contributed by atoms with Crippen LogP contribution >= 0.6 is 0 Å². The van der Waals surface area contributed by atoms with Crippen LogP contribution in [0.1, 0.15) is 62.1 Å².